The smallest absolute Gasteiger partial charge is 0.0880 e. The molecule has 19 heavy (non-hydrogen) atoms. The number of hydrogen-bond donors (Lipinski definition) is 1. The number of H-pyrrole nitrogens is 1. The summed E-state index contributed by atoms with van der Waals surface area (Å²) in [5.41, 5.74) is 2.90. The van der Waals surface area contributed by atoms with E-state index in [1.54, 1.807) is 12.4 Å². The number of aromatic amines is 1. The van der Waals surface area contributed by atoms with Gasteiger partial charge in [-0.2, -0.15) is 0 Å². The minimum absolute atomic E-state index is 0.459. The topological polar surface area (TPSA) is 41.6 Å². The van der Waals surface area contributed by atoms with Crippen LogP contribution in [0, 0.1) is 0 Å². The van der Waals surface area contributed by atoms with Gasteiger partial charge in [-0.05, 0) is 24.3 Å². The van der Waals surface area contributed by atoms with Crippen LogP contribution < -0.4 is 0 Å². The molecule has 0 aliphatic carbocycles. The van der Waals surface area contributed by atoms with Gasteiger partial charge in [-0.1, -0.05) is 35.3 Å². The second kappa shape index (κ2) is 5.03. The fraction of sp³-hybridized carbons (Fsp3) is 0. The van der Waals surface area contributed by atoms with Crippen LogP contribution in [0.4, 0.5) is 0 Å². The van der Waals surface area contributed by atoms with Crippen molar-refractivity contribution in [1.29, 1.82) is 0 Å². The molecule has 0 saturated heterocycles. The van der Waals surface area contributed by atoms with Crippen molar-refractivity contribution in [2.75, 3.05) is 0 Å². The molecule has 0 radical (unpaired) electrons. The maximum atomic E-state index is 6.27. The number of pyridine rings is 2. The minimum atomic E-state index is 0.459. The van der Waals surface area contributed by atoms with E-state index in [9.17, 15) is 0 Å². The molecular formula is C14H9Cl2N3. The van der Waals surface area contributed by atoms with Crippen LogP contribution in [0.25, 0.3) is 22.8 Å². The van der Waals surface area contributed by atoms with Gasteiger partial charge in [-0.3, -0.25) is 9.97 Å². The zero-order valence-electron chi connectivity index (χ0n) is 9.77. The predicted octanol–water partition coefficient (Wildman–Crippen LogP) is 4.45. The Kier molecular flexibility index (Phi) is 3.23. The third-order valence-electron chi connectivity index (χ3n) is 2.72. The average Bonchev–Trinajstić information content (AvgIpc) is 2.77. The average molecular weight is 290 g/mol. The van der Waals surface area contributed by atoms with Gasteiger partial charge >= 0.3 is 0 Å². The van der Waals surface area contributed by atoms with Crippen molar-refractivity contribution >= 4 is 23.2 Å². The Hall–Kier alpha value is -1.84. The fourth-order valence-corrected chi connectivity index (χ4v) is 2.31. The Balaban J connectivity index is 2.16. The zero-order valence-corrected chi connectivity index (χ0v) is 11.3. The van der Waals surface area contributed by atoms with Crippen LogP contribution in [0.15, 0.2) is 48.8 Å². The lowest BCUT2D eigenvalue weighted by molar-refractivity contribution is 1.25. The lowest BCUT2D eigenvalue weighted by atomic mass is 10.2. The second-order valence-corrected chi connectivity index (χ2v) is 4.69. The first-order valence-corrected chi connectivity index (χ1v) is 6.42. The van der Waals surface area contributed by atoms with E-state index in [0.717, 1.165) is 11.4 Å². The molecule has 94 valence electrons. The lowest BCUT2D eigenvalue weighted by Crippen LogP contribution is -1.84. The van der Waals surface area contributed by atoms with Gasteiger partial charge in [0.05, 0.1) is 32.8 Å². The van der Waals surface area contributed by atoms with E-state index in [0.29, 0.717) is 21.4 Å². The predicted molar refractivity (Wildman–Crippen MR) is 77.3 cm³/mol. The van der Waals surface area contributed by atoms with E-state index in [-0.39, 0.29) is 0 Å². The van der Waals surface area contributed by atoms with Crippen LogP contribution in [-0.4, -0.2) is 15.0 Å². The van der Waals surface area contributed by atoms with Crippen LogP contribution in [0.1, 0.15) is 0 Å². The van der Waals surface area contributed by atoms with Crippen molar-refractivity contribution < 1.29 is 0 Å². The van der Waals surface area contributed by atoms with Crippen molar-refractivity contribution in [3.8, 4) is 22.8 Å². The SMILES string of the molecule is Clc1c(-c2ccccn2)[nH]c(-c2ccccn2)c1Cl. The molecule has 0 unspecified atom stereocenters. The number of aromatic nitrogens is 3. The second-order valence-electron chi connectivity index (χ2n) is 3.93. The Morgan fingerprint density at radius 1 is 0.737 bits per heavy atom. The first-order chi connectivity index (χ1) is 9.27. The molecule has 0 amide bonds. The van der Waals surface area contributed by atoms with Crippen LogP contribution in [-0.2, 0) is 0 Å². The number of rotatable bonds is 2. The summed E-state index contributed by atoms with van der Waals surface area (Å²) in [7, 11) is 0. The van der Waals surface area contributed by atoms with Crippen LogP contribution in [0.2, 0.25) is 10.0 Å². The summed E-state index contributed by atoms with van der Waals surface area (Å²) < 4.78 is 0. The van der Waals surface area contributed by atoms with Crippen LogP contribution in [0.5, 0.6) is 0 Å². The summed E-state index contributed by atoms with van der Waals surface area (Å²) in [6.45, 7) is 0. The van der Waals surface area contributed by atoms with Crippen molar-refractivity contribution in [1.82, 2.24) is 15.0 Å². The van der Waals surface area contributed by atoms with Gasteiger partial charge in [0.15, 0.2) is 0 Å². The molecule has 3 aromatic rings. The van der Waals surface area contributed by atoms with Crippen molar-refractivity contribution in [3.63, 3.8) is 0 Å². The Bertz CT molecular complexity index is 633. The summed E-state index contributed by atoms with van der Waals surface area (Å²) in [6, 6.07) is 11.2. The largest absolute Gasteiger partial charge is 0.349 e. The van der Waals surface area contributed by atoms with Gasteiger partial charge in [0, 0.05) is 12.4 Å². The number of nitrogens with one attached hydrogen (secondary N) is 1. The van der Waals surface area contributed by atoms with Gasteiger partial charge in [0.2, 0.25) is 0 Å². The molecule has 0 spiro atoms. The molecule has 5 heteroatoms. The Morgan fingerprint density at radius 3 is 1.58 bits per heavy atom. The minimum Gasteiger partial charge on any atom is -0.349 e. The third kappa shape index (κ3) is 2.23. The van der Waals surface area contributed by atoms with Crippen LogP contribution >= 0.6 is 23.2 Å². The molecule has 3 rings (SSSR count). The van der Waals surface area contributed by atoms with E-state index in [1.807, 2.05) is 36.4 Å². The highest BCUT2D eigenvalue weighted by molar-refractivity contribution is 6.45. The first kappa shape index (κ1) is 12.2. The molecule has 0 bridgehead atoms. The van der Waals surface area contributed by atoms with Gasteiger partial charge in [-0.25, -0.2) is 0 Å². The number of halogens is 2. The molecular weight excluding hydrogens is 281 g/mol. The molecule has 3 heterocycles. The quantitative estimate of drug-likeness (QED) is 0.757. The highest BCUT2D eigenvalue weighted by Gasteiger charge is 2.17. The maximum absolute atomic E-state index is 6.27. The molecule has 0 atom stereocenters. The van der Waals surface area contributed by atoms with Gasteiger partial charge in [-0.15, -0.1) is 0 Å². The van der Waals surface area contributed by atoms with Gasteiger partial charge in [0.25, 0.3) is 0 Å². The van der Waals surface area contributed by atoms with E-state index >= 15 is 0 Å². The highest BCUT2D eigenvalue weighted by Crippen LogP contribution is 2.39. The lowest BCUT2D eigenvalue weighted by Gasteiger charge is -1.98. The molecule has 1 N–H and O–H groups in total. The number of nitrogens with zero attached hydrogens (tertiary/aromatic N) is 2. The normalized spacial score (nSPS) is 10.6. The molecule has 3 aromatic heterocycles. The Morgan fingerprint density at radius 2 is 1.21 bits per heavy atom. The summed E-state index contributed by atoms with van der Waals surface area (Å²) in [6.07, 6.45) is 3.42. The maximum Gasteiger partial charge on any atom is 0.0880 e. The highest BCUT2D eigenvalue weighted by atomic mass is 35.5. The van der Waals surface area contributed by atoms with Gasteiger partial charge < -0.3 is 4.98 Å². The standard InChI is InChI=1S/C14H9Cl2N3/c15-11-12(16)14(10-6-2-4-8-18-10)19-13(11)9-5-1-3-7-17-9/h1-8,19H. The van der Waals surface area contributed by atoms with E-state index in [1.165, 1.54) is 0 Å². The summed E-state index contributed by atoms with van der Waals surface area (Å²) in [5, 5.41) is 0.919. The molecule has 0 aromatic carbocycles. The van der Waals surface area contributed by atoms with E-state index < -0.39 is 0 Å². The zero-order chi connectivity index (χ0) is 13.2. The monoisotopic (exact) mass is 289 g/mol. The van der Waals surface area contributed by atoms with Gasteiger partial charge in [0.1, 0.15) is 0 Å². The fourth-order valence-electron chi connectivity index (χ4n) is 1.83. The summed E-state index contributed by atoms with van der Waals surface area (Å²) >= 11 is 12.5. The molecule has 3 nitrogen and oxygen atoms in total. The molecule has 0 fully saturated rings. The number of hydrogen-bond acceptors (Lipinski definition) is 2. The van der Waals surface area contributed by atoms with Crippen LogP contribution in [0.3, 0.4) is 0 Å². The van der Waals surface area contributed by atoms with Crippen molar-refractivity contribution in [2.24, 2.45) is 0 Å². The van der Waals surface area contributed by atoms with E-state index in [4.69, 9.17) is 23.2 Å². The summed E-state index contributed by atoms with van der Waals surface area (Å²) in [5.74, 6) is 0. The van der Waals surface area contributed by atoms with Crippen molar-refractivity contribution in [3.05, 3.63) is 58.8 Å². The molecule has 0 aliphatic heterocycles. The third-order valence-corrected chi connectivity index (χ3v) is 3.58. The van der Waals surface area contributed by atoms with Crippen molar-refractivity contribution in [2.45, 2.75) is 0 Å². The molecule has 0 saturated carbocycles. The Labute approximate surface area is 120 Å². The summed E-state index contributed by atoms with van der Waals surface area (Å²) in [4.78, 5) is 11.7. The first-order valence-electron chi connectivity index (χ1n) is 5.67. The molecule has 0 aliphatic rings. The van der Waals surface area contributed by atoms with E-state index in [2.05, 4.69) is 15.0 Å².